The van der Waals surface area contributed by atoms with Gasteiger partial charge in [-0.05, 0) is 47.3 Å². The van der Waals surface area contributed by atoms with Crippen molar-refractivity contribution in [1.82, 2.24) is 0 Å². The minimum Gasteiger partial charge on any atom is -0.496 e. The van der Waals surface area contributed by atoms with E-state index in [1.165, 1.54) is 0 Å². The predicted molar refractivity (Wildman–Crippen MR) is 69.9 cm³/mol. The number of hydrogen-bond acceptors (Lipinski definition) is 3. The summed E-state index contributed by atoms with van der Waals surface area (Å²) in [6, 6.07) is 1.95. The molecule has 3 nitrogen and oxygen atoms in total. The molecule has 0 radical (unpaired) electrons. The van der Waals surface area contributed by atoms with Crippen molar-refractivity contribution < 1.29 is 14.6 Å². The minimum atomic E-state index is -0.546. The van der Waals surface area contributed by atoms with Gasteiger partial charge in [0, 0.05) is 12.0 Å². The second kappa shape index (κ2) is 4.50. The lowest BCUT2D eigenvalue weighted by atomic mass is 10.0. The molecule has 0 unspecified atom stereocenters. The quantitative estimate of drug-likeness (QED) is 0.929. The summed E-state index contributed by atoms with van der Waals surface area (Å²) in [5.41, 5.74) is 1.45. The fraction of sp³-hybridized carbons (Fsp3) is 0.538. The van der Waals surface area contributed by atoms with Crippen LogP contribution in [0.15, 0.2) is 10.5 Å². The van der Waals surface area contributed by atoms with E-state index in [9.17, 15) is 5.11 Å². The largest absolute Gasteiger partial charge is 0.496 e. The SMILES string of the molecule is COc1cc(C)c(OC)c(Br)c1CC1(O)CC1. The summed E-state index contributed by atoms with van der Waals surface area (Å²) in [6.07, 6.45) is 2.32. The number of aryl methyl sites for hydroxylation is 1. The Bertz CT molecular complexity index is 439. The lowest BCUT2D eigenvalue weighted by molar-refractivity contribution is 0.149. The molecule has 1 aromatic rings. The average molecular weight is 301 g/mol. The van der Waals surface area contributed by atoms with Gasteiger partial charge >= 0.3 is 0 Å². The van der Waals surface area contributed by atoms with E-state index in [0.717, 1.165) is 39.9 Å². The number of ether oxygens (including phenoxy) is 2. The third-order valence-electron chi connectivity index (χ3n) is 3.22. The highest BCUT2D eigenvalue weighted by atomic mass is 79.9. The van der Waals surface area contributed by atoms with Gasteiger partial charge in [-0.2, -0.15) is 0 Å². The first kappa shape index (κ1) is 12.7. The monoisotopic (exact) mass is 300 g/mol. The molecule has 0 amide bonds. The Hall–Kier alpha value is -0.740. The van der Waals surface area contributed by atoms with Gasteiger partial charge in [0.05, 0.1) is 24.3 Å². The molecule has 2 rings (SSSR count). The molecule has 0 saturated heterocycles. The van der Waals surface area contributed by atoms with E-state index in [2.05, 4.69) is 15.9 Å². The van der Waals surface area contributed by atoms with E-state index >= 15 is 0 Å². The van der Waals surface area contributed by atoms with Gasteiger partial charge in [-0.3, -0.25) is 0 Å². The van der Waals surface area contributed by atoms with Crippen molar-refractivity contribution in [2.24, 2.45) is 0 Å². The van der Waals surface area contributed by atoms with Crippen LogP contribution in [0.1, 0.15) is 24.0 Å². The average Bonchev–Trinajstić information content (AvgIpc) is 3.01. The van der Waals surface area contributed by atoms with Crippen LogP contribution in [0.25, 0.3) is 0 Å². The molecule has 1 saturated carbocycles. The van der Waals surface area contributed by atoms with Crippen LogP contribution in [-0.2, 0) is 6.42 Å². The van der Waals surface area contributed by atoms with Gasteiger partial charge in [-0.15, -0.1) is 0 Å². The maximum atomic E-state index is 10.0. The normalized spacial score (nSPS) is 16.8. The molecule has 4 heteroatoms. The number of rotatable bonds is 4. The Kier molecular flexibility index (Phi) is 3.36. The molecular weight excluding hydrogens is 284 g/mol. The second-order valence-electron chi connectivity index (χ2n) is 4.62. The third kappa shape index (κ3) is 2.43. The fourth-order valence-corrected chi connectivity index (χ4v) is 2.83. The molecule has 1 N–H and O–H groups in total. The van der Waals surface area contributed by atoms with Crippen LogP contribution >= 0.6 is 15.9 Å². The number of benzene rings is 1. The lowest BCUT2D eigenvalue weighted by Crippen LogP contribution is -2.12. The van der Waals surface area contributed by atoms with Gasteiger partial charge in [0.2, 0.25) is 0 Å². The second-order valence-corrected chi connectivity index (χ2v) is 5.42. The van der Waals surface area contributed by atoms with Crippen molar-refractivity contribution in [3.63, 3.8) is 0 Å². The first-order chi connectivity index (χ1) is 8.00. The Morgan fingerprint density at radius 1 is 1.35 bits per heavy atom. The summed E-state index contributed by atoms with van der Waals surface area (Å²) < 4.78 is 11.6. The van der Waals surface area contributed by atoms with Gasteiger partial charge in [-0.1, -0.05) is 0 Å². The van der Waals surface area contributed by atoms with Crippen molar-refractivity contribution in [3.8, 4) is 11.5 Å². The molecule has 1 fully saturated rings. The van der Waals surface area contributed by atoms with Gasteiger partial charge < -0.3 is 14.6 Å². The van der Waals surface area contributed by atoms with Crippen LogP contribution in [0.5, 0.6) is 11.5 Å². The molecule has 0 aliphatic heterocycles. The van der Waals surface area contributed by atoms with Crippen molar-refractivity contribution in [1.29, 1.82) is 0 Å². The van der Waals surface area contributed by atoms with E-state index in [1.807, 2.05) is 13.0 Å². The molecule has 0 bridgehead atoms. The van der Waals surface area contributed by atoms with Gasteiger partial charge in [0.1, 0.15) is 11.5 Å². The first-order valence-electron chi connectivity index (χ1n) is 5.63. The van der Waals surface area contributed by atoms with Crippen LogP contribution in [0, 0.1) is 6.92 Å². The molecule has 94 valence electrons. The Balaban J connectivity index is 2.46. The van der Waals surface area contributed by atoms with E-state index < -0.39 is 5.60 Å². The van der Waals surface area contributed by atoms with Gasteiger partial charge in [0.25, 0.3) is 0 Å². The smallest absolute Gasteiger partial charge is 0.136 e. The topological polar surface area (TPSA) is 38.7 Å². The van der Waals surface area contributed by atoms with Crippen molar-refractivity contribution in [2.75, 3.05) is 14.2 Å². The zero-order valence-electron chi connectivity index (χ0n) is 10.3. The molecular formula is C13H17BrO3. The van der Waals surface area contributed by atoms with E-state index in [4.69, 9.17) is 9.47 Å². The Morgan fingerprint density at radius 3 is 2.47 bits per heavy atom. The zero-order valence-corrected chi connectivity index (χ0v) is 11.9. The number of methoxy groups -OCH3 is 2. The number of halogens is 1. The fourth-order valence-electron chi connectivity index (χ4n) is 2.02. The van der Waals surface area contributed by atoms with Crippen LogP contribution in [0.3, 0.4) is 0 Å². The minimum absolute atomic E-state index is 0.546. The number of hydrogen-bond donors (Lipinski definition) is 1. The van der Waals surface area contributed by atoms with E-state index in [1.54, 1.807) is 14.2 Å². The maximum absolute atomic E-state index is 10.0. The molecule has 0 atom stereocenters. The van der Waals surface area contributed by atoms with E-state index in [0.29, 0.717) is 6.42 Å². The third-order valence-corrected chi connectivity index (χ3v) is 4.06. The van der Waals surface area contributed by atoms with Crippen LogP contribution in [0.4, 0.5) is 0 Å². The van der Waals surface area contributed by atoms with Crippen molar-refractivity contribution >= 4 is 15.9 Å². The molecule has 1 aromatic carbocycles. The summed E-state index contributed by atoms with van der Waals surface area (Å²) in [4.78, 5) is 0. The van der Waals surface area contributed by atoms with Crippen LogP contribution in [-0.4, -0.2) is 24.9 Å². The molecule has 0 aromatic heterocycles. The number of aliphatic hydroxyl groups is 1. The summed E-state index contributed by atoms with van der Waals surface area (Å²) in [5.74, 6) is 1.61. The molecule has 1 aliphatic carbocycles. The van der Waals surface area contributed by atoms with Crippen molar-refractivity contribution in [3.05, 3.63) is 21.7 Å². The van der Waals surface area contributed by atoms with Gasteiger partial charge in [-0.25, -0.2) is 0 Å². The molecule has 17 heavy (non-hydrogen) atoms. The van der Waals surface area contributed by atoms with Crippen molar-refractivity contribution in [2.45, 2.75) is 31.8 Å². The zero-order chi connectivity index (χ0) is 12.6. The summed E-state index contributed by atoms with van der Waals surface area (Å²) in [5, 5.41) is 10.0. The highest BCUT2D eigenvalue weighted by Gasteiger charge is 2.41. The molecule has 1 aliphatic rings. The summed E-state index contributed by atoms with van der Waals surface area (Å²) >= 11 is 3.55. The standard InChI is InChI=1S/C13H17BrO3/c1-8-6-10(16-2)9(7-13(15)4-5-13)11(14)12(8)17-3/h6,15H,4-5,7H2,1-3H3. The van der Waals surface area contributed by atoms with Crippen LogP contribution in [0.2, 0.25) is 0 Å². The Labute approximate surface area is 110 Å². The maximum Gasteiger partial charge on any atom is 0.136 e. The van der Waals surface area contributed by atoms with E-state index in [-0.39, 0.29) is 0 Å². The summed E-state index contributed by atoms with van der Waals surface area (Å²) in [7, 11) is 3.29. The predicted octanol–water partition coefficient (Wildman–Crippen LogP) is 2.84. The highest BCUT2D eigenvalue weighted by molar-refractivity contribution is 9.10. The van der Waals surface area contributed by atoms with Crippen LogP contribution < -0.4 is 9.47 Å². The first-order valence-corrected chi connectivity index (χ1v) is 6.42. The molecule has 0 spiro atoms. The van der Waals surface area contributed by atoms with Gasteiger partial charge in [0.15, 0.2) is 0 Å². The highest BCUT2D eigenvalue weighted by Crippen LogP contribution is 2.45. The Morgan fingerprint density at radius 2 is 2.00 bits per heavy atom. The summed E-state index contributed by atoms with van der Waals surface area (Å²) in [6.45, 7) is 1.97. The lowest BCUT2D eigenvalue weighted by Gasteiger charge is -2.18. The molecule has 0 heterocycles.